The van der Waals surface area contributed by atoms with Crippen LogP contribution in [0.1, 0.15) is 38.7 Å². The molecule has 0 fully saturated rings. The monoisotopic (exact) mass is 409 g/mol. The topological polar surface area (TPSA) is 38.3 Å². The van der Waals surface area contributed by atoms with Crippen molar-refractivity contribution in [3.63, 3.8) is 0 Å². The van der Waals surface area contributed by atoms with E-state index < -0.39 is 6.10 Å². The zero-order valence-corrected chi connectivity index (χ0v) is 16.3. The van der Waals surface area contributed by atoms with E-state index in [1.807, 2.05) is 24.3 Å². The van der Waals surface area contributed by atoms with Crippen molar-refractivity contribution in [2.24, 2.45) is 0 Å². The maximum absolute atomic E-state index is 12.5. The first kappa shape index (κ1) is 18.8. The van der Waals surface area contributed by atoms with E-state index in [0.29, 0.717) is 16.7 Å². The van der Waals surface area contributed by atoms with Gasteiger partial charge in [0.1, 0.15) is 5.75 Å². The molecule has 0 saturated heterocycles. The highest BCUT2D eigenvalue weighted by Crippen LogP contribution is 2.30. The zero-order valence-electron chi connectivity index (χ0n) is 14.0. The summed E-state index contributed by atoms with van der Waals surface area (Å²) < 4.78 is 6.46. The van der Waals surface area contributed by atoms with E-state index in [4.69, 9.17) is 16.3 Å². The maximum atomic E-state index is 12.5. The van der Waals surface area contributed by atoms with E-state index in [-0.39, 0.29) is 5.91 Å². The van der Waals surface area contributed by atoms with Crippen LogP contribution in [0.3, 0.4) is 0 Å². The third kappa shape index (κ3) is 4.74. The third-order valence-corrected chi connectivity index (χ3v) is 4.78. The van der Waals surface area contributed by atoms with E-state index in [1.165, 1.54) is 0 Å². The Morgan fingerprint density at radius 2 is 1.96 bits per heavy atom. The summed E-state index contributed by atoms with van der Waals surface area (Å²) in [5, 5.41) is 3.58. The SMILES string of the molecule is CC[C@H](C)c1ccccc1NC(=O)[C@H](C)Oc1ccc(Cl)cc1Br. The molecule has 1 amide bonds. The fourth-order valence-corrected chi connectivity index (χ4v) is 3.09. The first-order valence-corrected chi connectivity index (χ1v) is 9.11. The van der Waals surface area contributed by atoms with E-state index >= 15 is 0 Å². The van der Waals surface area contributed by atoms with Crippen molar-refractivity contribution in [1.82, 2.24) is 0 Å². The highest BCUT2D eigenvalue weighted by atomic mass is 79.9. The van der Waals surface area contributed by atoms with E-state index in [2.05, 4.69) is 35.1 Å². The maximum Gasteiger partial charge on any atom is 0.265 e. The van der Waals surface area contributed by atoms with Gasteiger partial charge >= 0.3 is 0 Å². The van der Waals surface area contributed by atoms with Gasteiger partial charge in [-0.1, -0.05) is 43.6 Å². The number of rotatable bonds is 6. The molecule has 3 nitrogen and oxygen atoms in total. The Hall–Kier alpha value is -1.52. The number of halogens is 2. The zero-order chi connectivity index (χ0) is 17.7. The minimum Gasteiger partial charge on any atom is -0.480 e. The molecule has 2 aromatic rings. The molecule has 0 aliphatic heterocycles. The predicted octanol–water partition coefficient (Wildman–Crippen LogP) is 6.02. The minimum absolute atomic E-state index is 0.187. The molecule has 0 saturated carbocycles. The second-order valence-electron chi connectivity index (χ2n) is 5.72. The number of carbonyl (C=O) groups is 1. The number of para-hydroxylation sites is 1. The molecular formula is C19H21BrClNO2. The van der Waals surface area contributed by atoms with Crippen LogP contribution in [0.15, 0.2) is 46.9 Å². The number of ether oxygens (including phenoxy) is 1. The second-order valence-corrected chi connectivity index (χ2v) is 7.01. The molecule has 24 heavy (non-hydrogen) atoms. The lowest BCUT2D eigenvalue weighted by Crippen LogP contribution is -2.30. The van der Waals surface area contributed by atoms with Crippen molar-refractivity contribution in [2.75, 3.05) is 5.32 Å². The Bertz CT molecular complexity index is 720. The molecule has 0 radical (unpaired) electrons. The highest BCUT2D eigenvalue weighted by Gasteiger charge is 2.18. The van der Waals surface area contributed by atoms with Crippen LogP contribution in [0.4, 0.5) is 5.69 Å². The van der Waals surface area contributed by atoms with Crippen molar-refractivity contribution >= 4 is 39.1 Å². The summed E-state index contributed by atoms with van der Waals surface area (Å²) in [6.07, 6.45) is 0.379. The van der Waals surface area contributed by atoms with Crippen LogP contribution in [0, 0.1) is 0 Å². The van der Waals surface area contributed by atoms with Crippen LogP contribution in [0.2, 0.25) is 5.02 Å². The van der Waals surface area contributed by atoms with Crippen LogP contribution in [0.25, 0.3) is 0 Å². The summed E-state index contributed by atoms with van der Waals surface area (Å²) in [6, 6.07) is 13.1. The van der Waals surface area contributed by atoms with E-state index in [0.717, 1.165) is 22.1 Å². The fraction of sp³-hybridized carbons (Fsp3) is 0.316. The predicted molar refractivity (Wildman–Crippen MR) is 103 cm³/mol. The van der Waals surface area contributed by atoms with Crippen LogP contribution in [-0.4, -0.2) is 12.0 Å². The molecule has 128 valence electrons. The lowest BCUT2D eigenvalue weighted by molar-refractivity contribution is -0.122. The molecule has 2 rings (SSSR count). The third-order valence-electron chi connectivity index (χ3n) is 3.93. The normalized spacial score (nSPS) is 13.2. The highest BCUT2D eigenvalue weighted by molar-refractivity contribution is 9.10. The first-order chi connectivity index (χ1) is 11.4. The summed E-state index contributed by atoms with van der Waals surface area (Å²) >= 11 is 9.31. The van der Waals surface area contributed by atoms with Gasteiger partial charge in [0.15, 0.2) is 6.10 Å². The van der Waals surface area contributed by atoms with Gasteiger partial charge in [-0.2, -0.15) is 0 Å². The number of carbonyl (C=O) groups excluding carboxylic acids is 1. The van der Waals surface area contributed by atoms with E-state index in [1.54, 1.807) is 25.1 Å². The standard InChI is InChI=1S/C19H21BrClNO2/c1-4-12(2)15-7-5-6-8-17(15)22-19(23)13(3)24-18-10-9-14(21)11-16(18)20/h5-13H,4H2,1-3H3,(H,22,23)/t12-,13-/m0/s1. The van der Waals surface area contributed by atoms with Crippen molar-refractivity contribution in [3.8, 4) is 5.75 Å². The summed E-state index contributed by atoms with van der Waals surface area (Å²) in [7, 11) is 0. The molecule has 0 heterocycles. The average molecular weight is 411 g/mol. The second kappa shape index (κ2) is 8.54. The molecule has 1 N–H and O–H groups in total. The van der Waals surface area contributed by atoms with Crippen molar-refractivity contribution < 1.29 is 9.53 Å². The van der Waals surface area contributed by atoms with Gasteiger partial charge in [0, 0.05) is 10.7 Å². The molecule has 0 aromatic heterocycles. The molecule has 5 heteroatoms. The number of amides is 1. The minimum atomic E-state index is -0.632. The van der Waals surface area contributed by atoms with Gasteiger partial charge in [0.05, 0.1) is 4.47 Å². The molecule has 2 atom stereocenters. The van der Waals surface area contributed by atoms with E-state index in [9.17, 15) is 4.79 Å². The van der Waals surface area contributed by atoms with Gasteiger partial charge in [-0.05, 0) is 65.0 Å². The fourth-order valence-electron chi connectivity index (χ4n) is 2.31. The molecule has 2 aromatic carbocycles. The summed E-state index contributed by atoms with van der Waals surface area (Å²) in [6.45, 7) is 6.01. The van der Waals surface area contributed by atoms with Crippen LogP contribution in [-0.2, 0) is 4.79 Å². The Balaban J connectivity index is 2.09. The number of benzene rings is 2. The lowest BCUT2D eigenvalue weighted by Gasteiger charge is -2.19. The van der Waals surface area contributed by atoms with Gasteiger partial charge in [-0.3, -0.25) is 4.79 Å². The Morgan fingerprint density at radius 1 is 1.25 bits per heavy atom. The van der Waals surface area contributed by atoms with Gasteiger partial charge in [-0.15, -0.1) is 0 Å². The lowest BCUT2D eigenvalue weighted by atomic mass is 9.97. The summed E-state index contributed by atoms with van der Waals surface area (Å²) in [4.78, 5) is 12.5. The smallest absolute Gasteiger partial charge is 0.265 e. The quantitative estimate of drug-likeness (QED) is 0.632. The average Bonchev–Trinajstić information content (AvgIpc) is 2.57. The van der Waals surface area contributed by atoms with Crippen molar-refractivity contribution in [1.29, 1.82) is 0 Å². The first-order valence-electron chi connectivity index (χ1n) is 7.93. The van der Waals surface area contributed by atoms with Crippen molar-refractivity contribution in [2.45, 2.75) is 39.2 Å². The molecule has 0 aliphatic rings. The van der Waals surface area contributed by atoms with Crippen molar-refractivity contribution in [3.05, 3.63) is 57.5 Å². The number of anilines is 1. The molecule has 0 unspecified atom stereocenters. The van der Waals surface area contributed by atoms with Gasteiger partial charge in [0.25, 0.3) is 5.91 Å². The number of nitrogens with one attached hydrogen (secondary N) is 1. The number of hydrogen-bond acceptors (Lipinski definition) is 2. The van der Waals surface area contributed by atoms with Gasteiger partial charge in [-0.25, -0.2) is 0 Å². The Kier molecular flexibility index (Phi) is 6.69. The Morgan fingerprint density at radius 3 is 2.62 bits per heavy atom. The summed E-state index contributed by atoms with van der Waals surface area (Å²) in [5.41, 5.74) is 1.97. The summed E-state index contributed by atoms with van der Waals surface area (Å²) in [5.74, 6) is 0.771. The van der Waals surface area contributed by atoms with Crippen LogP contribution < -0.4 is 10.1 Å². The molecule has 0 bridgehead atoms. The van der Waals surface area contributed by atoms with Gasteiger partial charge < -0.3 is 10.1 Å². The van der Waals surface area contributed by atoms with Gasteiger partial charge in [0.2, 0.25) is 0 Å². The molecule has 0 aliphatic carbocycles. The largest absolute Gasteiger partial charge is 0.480 e. The molecular weight excluding hydrogens is 390 g/mol. The Labute approximate surface area is 156 Å². The van der Waals surface area contributed by atoms with Crippen LogP contribution in [0.5, 0.6) is 5.75 Å². The molecule has 0 spiro atoms. The number of hydrogen-bond donors (Lipinski definition) is 1. The van der Waals surface area contributed by atoms with Crippen LogP contribution >= 0.6 is 27.5 Å².